The van der Waals surface area contributed by atoms with Crippen LogP contribution in [0.5, 0.6) is 0 Å². The first kappa shape index (κ1) is 11.7. The first-order valence-corrected chi connectivity index (χ1v) is 6.72. The van der Waals surface area contributed by atoms with E-state index in [-0.39, 0.29) is 12.6 Å². The lowest BCUT2D eigenvalue weighted by atomic mass is 10.0. The van der Waals surface area contributed by atoms with Crippen molar-refractivity contribution in [3.05, 3.63) is 48.0 Å². The van der Waals surface area contributed by atoms with Crippen molar-refractivity contribution in [2.24, 2.45) is 0 Å². The minimum absolute atomic E-state index is 0.164. The van der Waals surface area contributed by atoms with Crippen LogP contribution in [0.2, 0.25) is 0 Å². The molecular formula is C16H19NO. The Morgan fingerprint density at radius 1 is 1.00 bits per heavy atom. The fourth-order valence-electron chi connectivity index (χ4n) is 2.90. The highest BCUT2D eigenvalue weighted by atomic mass is 16.3. The zero-order valence-corrected chi connectivity index (χ0v) is 10.5. The summed E-state index contributed by atoms with van der Waals surface area (Å²) in [6.45, 7) is 2.43. The van der Waals surface area contributed by atoms with Crippen molar-refractivity contribution in [3.8, 4) is 0 Å². The lowest BCUT2D eigenvalue weighted by molar-refractivity contribution is 0.147. The van der Waals surface area contributed by atoms with Crippen molar-refractivity contribution < 1.29 is 5.11 Å². The average molecular weight is 241 g/mol. The molecule has 0 aliphatic carbocycles. The van der Waals surface area contributed by atoms with E-state index < -0.39 is 0 Å². The molecule has 1 unspecified atom stereocenters. The summed E-state index contributed by atoms with van der Waals surface area (Å²) in [5.41, 5.74) is 1.23. The highest BCUT2D eigenvalue weighted by Gasteiger charge is 2.22. The van der Waals surface area contributed by atoms with E-state index in [1.54, 1.807) is 0 Å². The Bertz CT molecular complexity index is 531. The lowest BCUT2D eigenvalue weighted by Gasteiger charge is -2.26. The van der Waals surface area contributed by atoms with Crippen molar-refractivity contribution in [2.45, 2.75) is 18.9 Å². The molecule has 3 rings (SSSR count). The molecule has 1 aliphatic rings. The molecule has 94 valence electrons. The van der Waals surface area contributed by atoms with Gasteiger partial charge in [-0.25, -0.2) is 0 Å². The number of aliphatic hydroxyl groups is 1. The number of rotatable bonds is 3. The van der Waals surface area contributed by atoms with Gasteiger partial charge >= 0.3 is 0 Å². The first-order chi connectivity index (χ1) is 8.88. The molecule has 0 aromatic heterocycles. The third kappa shape index (κ3) is 2.14. The van der Waals surface area contributed by atoms with Crippen LogP contribution in [0.15, 0.2) is 42.5 Å². The number of nitrogens with zero attached hydrogens (tertiary/aromatic N) is 1. The number of hydrogen-bond acceptors (Lipinski definition) is 2. The molecule has 2 heteroatoms. The van der Waals surface area contributed by atoms with E-state index in [4.69, 9.17) is 0 Å². The monoisotopic (exact) mass is 241 g/mol. The molecule has 2 aromatic carbocycles. The number of likely N-dealkylation sites (tertiary alicyclic amines) is 1. The third-order valence-corrected chi connectivity index (χ3v) is 3.91. The molecule has 1 fully saturated rings. The third-order valence-electron chi connectivity index (χ3n) is 3.91. The van der Waals surface area contributed by atoms with E-state index in [0.717, 1.165) is 13.1 Å². The Kier molecular flexibility index (Phi) is 3.31. The Balaban J connectivity index is 1.96. The van der Waals surface area contributed by atoms with E-state index in [1.807, 2.05) is 0 Å². The summed E-state index contributed by atoms with van der Waals surface area (Å²) >= 11 is 0. The van der Waals surface area contributed by atoms with Crippen molar-refractivity contribution in [2.75, 3.05) is 19.7 Å². The first-order valence-electron chi connectivity index (χ1n) is 6.72. The summed E-state index contributed by atoms with van der Waals surface area (Å²) in [5.74, 6) is 0. The fraction of sp³-hybridized carbons (Fsp3) is 0.375. The van der Waals surface area contributed by atoms with Crippen LogP contribution < -0.4 is 0 Å². The minimum Gasteiger partial charge on any atom is -0.394 e. The largest absolute Gasteiger partial charge is 0.394 e. The number of aliphatic hydroxyl groups excluding tert-OH is 1. The second-order valence-electron chi connectivity index (χ2n) is 5.05. The van der Waals surface area contributed by atoms with Crippen LogP contribution in [0.25, 0.3) is 10.8 Å². The lowest BCUT2D eigenvalue weighted by Crippen LogP contribution is -2.28. The Hall–Kier alpha value is -1.38. The normalized spacial score (nSPS) is 18.3. The summed E-state index contributed by atoms with van der Waals surface area (Å²) in [5, 5.41) is 12.2. The predicted molar refractivity (Wildman–Crippen MR) is 74.6 cm³/mol. The van der Waals surface area contributed by atoms with Crippen LogP contribution in [-0.2, 0) is 0 Å². The summed E-state index contributed by atoms with van der Waals surface area (Å²) < 4.78 is 0. The van der Waals surface area contributed by atoms with Gasteiger partial charge in [-0.05, 0) is 48.3 Å². The van der Waals surface area contributed by atoms with Crippen molar-refractivity contribution in [1.82, 2.24) is 4.90 Å². The highest BCUT2D eigenvalue weighted by molar-refractivity contribution is 5.83. The molecule has 1 N–H and O–H groups in total. The zero-order valence-electron chi connectivity index (χ0n) is 10.5. The van der Waals surface area contributed by atoms with Gasteiger partial charge in [0.25, 0.3) is 0 Å². The van der Waals surface area contributed by atoms with Gasteiger partial charge in [-0.2, -0.15) is 0 Å². The quantitative estimate of drug-likeness (QED) is 0.893. The molecule has 1 aliphatic heterocycles. The van der Waals surface area contributed by atoms with Gasteiger partial charge in [0.2, 0.25) is 0 Å². The van der Waals surface area contributed by atoms with Gasteiger partial charge in [0.05, 0.1) is 12.6 Å². The number of benzene rings is 2. The second kappa shape index (κ2) is 5.09. The summed E-state index contributed by atoms with van der Waals surface area (Å²) in [4.78, 5) is 2.39. The van der Waals surface area contributed by atoms with Crippen LogP contribution in [0.1, 0.15) is 24.4 Å². The summed E-state index contributed by atoms with van der Waals surface area (Å²) in [6, 6.07) is 15.1. The average Bonchev–Trinajstić information content (AvgIpc) is 2.93. The molecule has 2 nitrogen and oxygen atoms in total. The summed E-state index contributed by atoms with van der Waals surface area (Å²) in [6.07, 6.45) is 2.51. The molecule has 0 spiro atoms. The standard InChI is InChI=1S/C16H19NO/c18-12-16(17-9-3-4-10-17)15-8-7-13-5-1-2-6-14(13)11-15/h1-2,5-8,11,16,18H,3-4,9-10,12H2. The molecule has 0 saturated carbocycles. The number of hydrogen-bond donors (Lipinski definition) is 1. The van der Waals surface area contributed by atoms with Gasteiger partial charge in [-0.3, -0.25) is 4.90 Å². The maximum Gasteiger partial charge on any atom is 0.0628 e. The van der Waals surface area contributed by atoms with Crippen molar-refractivity contribution in [1.29, 1.82) is 0 Å². The fourth-order valence-corrected chi connectivity index (χ4v) is 2.90. The van der Waals surface area contributed by atoms with Gasteiger partial charge < -0.3 is 5.11 Å². The van der Waals surface area contributed by atoms with Gasteiger partial charge in [0.1, 0.15) is 0 Å². The Morgan fingerprint density at radius 3 is 2.44 bits per heavy atom. The molecular weight excluding hydrogens is 222 g/mol. The summed E-state index contributed by atoms with van der Waals surface area (Å²) in [7, 11) is 0. The van der Waals surface area contributed by atoms with Crippen LogP contribution >= 0.6 is 0 Å². The highest BCUT2D eigenvalue weighted by Crippen LogP contribution is 2.27. The van der Waals surface area contributed by atoms with Gasteiger partial charge in [0.15, 0.2) is 0 Å². The van der Waals surface area contributed by atoms with Crippen LogP contribution in [0, 0.1) is 0 Å². The SMILES string of the molecule is OCC(c1ccc2ccccc2c1)N1CCCC1. The predicted octanol–water partition coefficient (Wildman–Crippen LogP) is 2.97. The smallest absolute Gasteiger partial charge is 0.0628 e. The molecule has 1 saturated heterocycles. The molecule has 0 amide bonds. The second-order valence-corrected chi connectivity index (χ2v) is 5.05. The van der Waals surface area contributed by atoms with Crippen LogP contribution in [0.4, 0.5) is 0 Å². The van der Waals surface area contributed by atoms with Crippen molar-refractivity contribution in [3.63, 3.8) is 0 Å². The minimum atomic E-state index is 0.164. The van der Waals surface area contributed by atoms with E-state index in [1.165, 1.54) is 29.2 Å². The molecule has 1 heterocycles. The molecule has 1 atom stereocenters. The maximum atomic E-state index is 9.67. The molecule has 0 radical (unpaired) electrons. The van der Waals surface area contributed by atoms with E-state index in [9.17, 15) is 5.11 Å². The van der Waals surface area contributed by atoms with E-state index in [2.05, 4.69) is 47.4 Å². The van der Waals surface area contributed by atoms with Crippen LogP contribution in [-0.4, -0.2) is 29.7 Å². The van der Waals surface area contributed by atoms with Gasteiger partial charge in [-0.15, -0.1) is 0 Å². The maximum absolute atomic E-state index is 9.67. The van der Waals surface area contributed by atoms with Crippen LogP contribution in [0.3, 0.4) is 0 Å². The van der Waals surface area contributed by atoms with E-state index >= 15 is 0 Å². The molecule has 0 bridgehead atoms. The molecule has 2 aromatic rings. The number of fused-ring (bicyclic) bond motifs is 1. The van der Waals surface area contributed by atoms with Crippen molar-refractivity contribution >= 4 is 10.8 Å². The zero-order chi connectivity index (χ0) is 12.4. The van der Waals surface area contributed by atoms with E-state index in [0.29, 0.717) is 0 Å². The molecule has 18 heavy (non-hydrogen) atoms. The van der Waals surface area contributed by atoms with Gasteiger partial charge in [-0.1, -0.05) is 36.4 Å². The Morgan fingerprint density at radius 2 is 1.72 bits per heavy atom. The van der Waals surface area contributed by atoms with Gasteiger partial charge in [0, 0.05) is 0 Å². The topological polar surface area (TPSA) is 23.5 Å². The Labute approximate surface area is 108 Å².